The number of ether oxygens (including phenoxy) is 1. The second kappa shape index (κ2) is 7.80. The van der Waals surface area contributed by atoms with Gasteiger partial charge in [-0.2, -0.15) is 0 Å². The van der Waals surface area contributed by atoms with Crippen LogP contribution in [0.15, 0.2) is 12.1 Å². The van der Waals surface area contributed by atoms with Gasteiger partial charge in [-0.3, -0.25) is 4.79 Å². The lowest BCUT2D eigenvalue weighted by atomic mass is 10.2. The number of carbonyl (C=O) groups excluding carboxylic acids is 1. The van der Waals surface area contributed by atoms with Crippen LogP contribution in [0.2, 0.25) is 15.1 Å². The molecule has 1 aromatic carbocycles. The molecule has 0 aliphatic heterocycles. The third-order valence-electron chi connectivity index (χ3n) is 2.25. The Labute approximate surface area is 126 Å². The average Bonchev–Trinajstić information content (AvgIpc) is 2.32. The number of aliphatic hydroxyl groups excluding tert-OH is 1. The van der Waals surface area contributed by atoms with Gasteiger partial charge in [0.15, 0.2) is 0 Å². The Kier molecular flexibility index (Phi) is 6.72. The van der Waals surface area contributed by atoms with Gasteiger partial charge in [0.2, 0.25) is 0 Å². The minimum atomic E-state index is -0.871. The minimum Gasteiger partial charge on any atom is -0.466 e. The van der Waals surface area contributed by atoms with Gasteiger partial charge in [0.1, 0.15) is 0 Å². The lowest BCUT2D eigenvalue weighted by Crippen LogP contribution is -2.24. The number of carbonyl (C=O) groups is 1. The van der Waals surface area contributed by atoms with Gasteiger partial charge in [0.25, 0.3) is 0 Å². The van der Waals surface area contributed by atoms with E-state index in [9.17, 15) is 9.90 Å². The van der Waals surface area contributed by atoms with Crippen molar-refractivity contribution in [3.05, 3.63) is 27.2 Å². The molecule has 4 nitrogen and oxygen atoms in total. The number of aliphatic hydroxyl groups is 1. The number of esters is 1. The number of anilines is 1. The molecular weight excluding hydrogens is 312 g/mol. The van der Waals surface area contributed by atoms with Crippen molar-refractivity contribution in [3.63, 3.8) is 0 Å². The monoisotopic (exact) mass is 325 g/mol. The highest BCUT2D eigenvalue weighted by atomic mass is 35.5. The fourth-order valence-corrected chi connectivity index (χ4v) is 1.98. The van der Waals surface area contributed by atoms with Gasteiger partial charge in [-0.1, -0.05) is 34.8 Å². The van der Waals surface area contributed by atoms with E-state index in [1.54, 1.807) is 13.0 Å². The van der Waals surface area contributed by atoms with Gasteiger partial charge in [0, 0.05) is 6.54 Å². The fraction of sp³-hybridized carbons (Fsp3) is 0.417. The molecule has 0 aromatic heterocycles. The molecule has 0 saturated heterocycles. The Balaban J connectivity index is 2.52. The number of hydrogen-bond acceptors (Lipinski definition) is 4. The lowest BCUT2D eigenvalue weighted by Gasteiger charge is -2.13. The molecule has 0 aliphatic carbocycles. The van der Waals surface area contributed by atoms with E-state index in [0.717, 1.165) is 0 Å². The molecule has 0 bridgehead atoms. The summed E-state index contributed by atoms with van der Waals surface area (Å²) in [5.74, 6) is -0.447. The summed E-state index contributed by atoms with van der Waals surface area (Å²) in [6.45, 7) is 2.14. The van der Waals surface area contributed by atoms with Crippen molar-refractivity contribution in [3.8, 4) is 0 Å². The minimum absolute atomic E-state index is 0.0836. The van der Waals surface area contributed by atoms with Crippen molar-refractivity contribution in [2.75, 3.05) is 18.5 Å². The third kappa shape index (κ3) is 5.45. The summed E-state index contributed by atoms with van der Waals surface area (Å²) in [4.78, 5) is 11.2. The second-order valence-corrected chi connectivity index (χ2v) is 5.01. The van der Waals surface area contributed by atoms with Crippen molar-refractivity contribution in [1.29, 1.82) is 0 Å². The van der Waals surface area contributed by atoms with E-state index in [-0.39, 0.29) is 19.6 Å². The number of halogens is 3. The predicted molar refractivity (Wildman–Crippen MR) is 77.2 cm³/mol. The highest BCUT2D eigenvalue weighted by Gasteiger charge is 2.12. The van der Waals surface area contributed by atoms with Gasteiger partial charge in [-0.15, -0.1) is 0 Å². The van der Waals surface area contributed by atoms with E-state index < -0.39 is 12.1 Å². The van der Waals surface area contributed by atoms with Crippen LogP contribution >= 0.6 is 34.8 Å². The van der Waals surface area contributed by atoms with Crippen molar-refractivity contribution >= 4 is 46.5 Å². The Morgan fingerprint density at radius 3 is 2.58 bits per heavy atom. The van der Waals surface area contributed by atoms with E-state index in [4.69, 9.17) is 39.5 Å². The van der Waals surface area contributed by atoms with E-state index in [0.29, 0.717) is 20.8 Å². The predicted octanol–water partition coefficient (Wildman–Crippen LogP) is 3.37. The molecule has 1 aromatic rings. The quantitative estimate of drug-likeness (QED) is 0.621. The molecule has 0 radical (unpaired) electrons. The maximum atomic E-state index is 11.2. The van der Waals surface area contributed by atoms with Crippen molar-refractivity contribution in [1.82, 2.24) is 0 Å². The second-order valence-electron chi connectivity index (χ2n) is 3.79. The van der Waals surface area contributed by atoms with Gasteiger partial charge in [-0.05, 0) is 19.1 Å². The number of rotatable bonds is 6. The van der Waals surface area contributed by atoms with Gasteiger partial charge < -0.3 is 15.2 Å². The van der Waals surface area contributed by atoms with Gasteiger partial charge >= 0.3 is 5.97 Å². The maximum Gasteiger partial charge on any atom is 0.308 e. The number of nitrogens with one attached hydrogen (secondary N) is 1. The first-order chi connectivity index (χ1) is 8.93. The van der Waals surface area contributed by atoms with Crippen LogP contribution in [-0.4, -0.2) is 30.3 Å². The molecule has 0 heterocycles. The molecule has 106 valence electrons. The maximum absolute atomic E-state index is 11.2. The van der Waals surface area contributed by atoms with Gasteiger partial charge in [-0.25, -0.2) is 0 Å². The first-order valence-electron chi connectivity index (χ1n) is 5.66. The normalized spacial score (nSPS) is 12.1. The van der Waals surface area contributed by atoms with Crippen LogP contribution in [-0.2, 0) is 9.53 Å². The first kappa shape index (κ1) is 16.4. The van der Waals surface area contributed by atoms with E-state index in [1.165, 1.54) is 6.07 Å². The number of benzene rings is 1. The van der Waals surface area contributed by atoms with Crippen LogP contribution in [0.5, 0.6) is 0 Å². The topological polar surface area (TPSA) is 58.6 Å². The van der Waals surface area contributed by atoms with E-state index in [2.05, 4.69) is 5.32 Å². The SMILES string of the molecule is CCOC(=O)CC(O)CNc1cc(Cl)c(Cl)cc1Cl. The van der Waals surface area contributed by atoms with Gasteiger partial charge in [0.05, 0.1) is 39.9 Å². The molecule has 7 heteroatoms. The van der Waals surface area contributed by atoms with Crippen LogP contribution < -0.4 is 5.32 Å². The number of hydrogen-bond donors (Lipinski definition) is 2. The molecule has 0 saturated carbocycles. The Bertz CT molecular complexity index is 454. The molecule has 1 unspecified atom stereocenters. The standard InChI is InChI=1S/C12H14Cl3NO3/c1-2-19-12(18)3-7(17)6-16-11-5-9(14)8(13)4-10(11)15/h4-5,7,16-17H,2-3,6H2,1H3. The smallest absolute Gasteiger partial charge is 0.308 e. The fourth-order valence-electron chi connectivity index (χ4n) is 1.37. The molecule has 19 heavy (non-hydrogen) atoms. The summed E-state index contributed by atoms with van der Waals surface area (Å²) >= 11 is 17.6. The highest BCUT2D eigenvalue weighted by molar-refractivity contribution is 6.44. The zero-order chi connectivity index (χ0) is 14.4. The molecular formula is C12H14Cl3NO3. The molecule has 1 atom stereocenters. The lowest BCUT2D eigenvalue weighted by molar-refractivity contribution is -0.145. The molecule has 0 amide bonds. The first-order valence-corrected chi connectivity index (χ1v) is 6.79. The highest BCUT2D eigenvalue weighted by Crippen LogP contribution is 2.32. The Morgan fingerprint density at radius 1 is 1.32 bits per heavy atom. The summed E-state index contributed by atoms with van der Waals surface area (Å²) in [5, 5.41) is 13.6. The van der Waals surface area contributed by atoms with E-state index >= 15 is 0 Å². The van der Waals surface area contributed by atoms with Crippen molar-refractivity contribution in [2.24, 2.45) is 0 Å². The van der Waals surface area contributed by atoms with Crippen LogP contribution in [0.3, 0.4) is 0 Å². The average molecular weight is 327 g/mol. The van der Waals surface area contributed by atoms with E-state index in [1.807, 2.05) is 0 Å². The zero-order valence-corrected chi connectivity index (χ0v) is 12.5. The van der Waals surface area contributed by atoms with Crippen molar-refractivity contribution < 1.29 is 14.6 Å². The largest absolute Gasteiger partial charge is 0.466 e. The summed E-state index contributed by atoms with van der Waals surface area (Å²) in [6.07, 6.45) is -0.954. The van der Waals surface area contributed by atoms with Crippen LogP contribution in [0.1, 0.15) is 13.3 Å². The molecule has 0 spiro atoms. The molecule has 0 fully saturated rings. The summed E-state index contributed by atoms with van der Waals surface area (Å²) < 4.78 is 4.73. The van der Waals surface area contributed by atoms with Crippen LogP contribution in [0.4, 0.5) is 5.69 Å². The van der Waals surface area contributed by atoms with Crippen LogP contribution in [0.25, 0.3) is 0 Å². The third-order valence-corrected chi connectivity index (χ3v) is 3.28. The zero-order valence-electron chi connectivity index (χ0n) is 10.3. The summed E-state index contributed by atoms with van der Waals surface area (Å²) in [7, 11) is 0. The van der Waals surface area contributed by atoms with Crippen molar-refractivity contribution in [2.45, 2.75) is 19.4 Å². The van der Waals surface area contributed by atoms with Crippen LogP contribution in [0, 0.1) is 0 Å². The molecule has 0 aliphatic rings. The molecule has 1 rings (SSSR count). The summed E-state index contributed by atoms with van der Waals surface area (Å²) in [6, 6.07) is 3.06. The Morgan fingerprint density at radius 2 is 1.95 bits per heavy atom. The Hall–Kier alpha value is -0.680. The molecule has 2 N–H and O–H groups in total. The summed E-state index contributed by atoms with van der Waals surface area (Å²) in [5.41, 5.74) is 0.541.